The fourth-order valence-electron chi connectivity index (χ4n) is 3.95. The lowest BCUT2D eigenvalue weighted by Gasteiger charge is -2.46. The van der Waals surface area contributed by atoms with Crippen LogP contribution in [0.1, 0.15) is 22.3 Å². The molecule has 4 rings (SSSR count). The number of hydrogen-bond acceptors (Lipinski definition) is 5. The quantitative estimate of drug-likeness (QED) is 0.510. The third-order valence-electron chi connectivity index (χ3n) is 5.63. The van der Waals surface area contributed by atoms with Crippen molar-refractivity contribution in [1.82, 2.24) is 20.4 Å². The molecule has 1 saturated heterocycles. The van der Waals surface area contributed by atoms with E-state index >= 15 is 0 Å². The zero-order valence-electron chi connectivity index (χ0n) is 16.7. The van der Waals surface area contributed by atoms with E-state index < -0.39 is 11.6 Å². The minimum atomic E-state index is -0.821. The molecule has 1 aliphatic heterocycles. The van der Waals surface area contributed by atoms with Gasteiger partial charge in [-0.15, -0.1) is 11.8 Å². The third kappa shape index (κ3) is 4.59. The SMILES string of the molecule is O=C(N[C@@]1(c2ccccc2)CCN(CCSc2ccccc2)C[C@H]1O)c1cn[nH]c1. The van der Waals surface area contributed by atoms with Crippen LogP contribution >= 0.6 is 11.8 Å². The van der Waals surface area contributed by atoms with Crippen molar-refractivity contribution < 1.29 is 9.90 Å². The molecule has 3 aromatic rings. The molecule has 1 aliphatic rings. The van der Waals surface area contributed by atoms with Crippen LogP contribution in [0.4, 0.5) is 0 Å². The second kappa shape index (κ2) is 9.47. The molecule has 2 atom stereocenters. The summed E-state index contributed by atoms with van der Waals surface area (Å²) in [6.07, 6.45) is 2.98. The summed E-state index contributed by atoms with van der Waals surface area (Å²) in [6, 6.07) is 20.1. The number of aromatic nitrogens is 2. The van der Waals surface area contributed by atoms with Gasteiger partial charge in [0.25, 0.3) is 5.91 Å². The number of amides is 1. The van der Waals surface area contributed by atoms with Gasteiger partial charge in [0.15, 0.2) is 0 Å². The highest BCUT2D eigenvalue weighted by atomic mass is 32.2. The lowest BCUT2D eigenvalue weighted by molar-refractivity contribution is -0.0135. The first-order chi connectivity index (χ1) is 14.7. The number of piperidine rings is 1. The number of nitrogens with zero attached hydrogens (tertiary/aromatic N) is 2. The van der Waals surface area contributed by atoms with Crippen LogP contribution in [0.5, 0.6) is 0 Å². The zero-order valence-corrected chi connectivity index (χ0v) is 17.5. The Hall–Kier alpha value is -2.61. The molecule has 6 nitrogen and oxygen atoms in total. The van der Waals surface area contributed by atoms with Gasteiger partial charge in [-0.25, -0.2) is 0 Å². The standard InChI is InChI=1S/C23H26N4O2S/c28-21-17-27(13-14-30-20-9-5-2-6-10-20)12-11-23(21,19-7-3-1-4-8-19)26-22(29)18-15-24-25-16-18/h1-10,15-16,21,28H,11-14,17H2,(H,24,25)(H,26,29)/t21-,23-/m1/s1. The van der Waals surface area contributed by atoms with E-state index in [4.69, 9.17) is 0 Å². The lowest BCUT2D eigenvalue weighted by Crippen LogP contribution is -2.62. The summed E-state index contributed by atoms with van der Waals surface area (Å²) in [5, 5.41) is 20.9. The molecule has 2 heterocycles. The molecule has 30 heavy (non-hydrogen) atoms. The van der Waals surface area contributed by atoms with Gasteiger partial charge >= 0.3 is 0 Å². The number of rotatable bonds is 7. The van der Waals surface area contributed by atoms with Crippen molar-refractivity contribution in [3.63, 3.8) is 0 Å². The number of H-pyrrole nitrogens is 1. The number of hydrogen-bond donors (Lipinski definition) is 3. The van der Waals surface area contributed by atoms with Gasteiger partial charge in [0.1, 0.15) is 0 Å². The molecule has 1 aromatic heterocycles. The number of nitrogens with one attached hydrogen (secondary N) is 2. The third-order valence-corrected chi connectivity index (χ3v) is 6.62. The molecule has 3 N–H and O–H groups in total. The van der Waals surface area contributed by atoms with Crippen molar-refractivity contribution in [3.05, 3.63) is 84.2 Å². The Labute approximate surface area is 180 Å². The summed E-state index contributed by atoms with van der Waals surface area (Å²) in [5.74, 6) is 0.718. The highest BCUT2D eigenvalue weighted by Gasteiger charge is 2.45. The first kappa shape index (κ1) is 20.7. The molecule has 1 fully saturated rings. The molecule has 0 aliphatic carbocycles. The number of aromatic amines is 1. The van der Waals surface area contributed by atoms with Crippen molar-refractivity contribution in [2.24, 2.45) is 0 Å². The van der Waals surface area contributed by atoms with Crippen LogP contribution in [0.25, 0.3) is 0 Å². The van der Waals surface area contributed by atoms with E-state index in [-0.39, 0.29) is 5.91 Å². The number of β-amino-alcohol motifs (C(OH)–C–C–N with tert-alkyl or cyclic N) is 1. The topological polar surface area (TPSA) is 81.2 Å². The Balaban J connectivity index is 1.44. The summed E-state index contributed by atoms with van der Waals surface area (Å²) in [6.45, 7) is 2.19. The molecular weight excluding hydrogens is 396 g/mol. The number of likely N-dealkylation sites (tertiary alicyclic amines) is 1. The highest BCUT2D eigenvalue weighted by Crippen LogP contribution is 2.34. The van der Waals surface area contributed by atoms with Crippen molar-refractivity contribution >= 4 is 17.7 Å². The van der Waals surface area contributed by atoms with E-state index in [1.165, 1.54) is 11.1 Å². The van der Waals surface area contributed by atoms with Gasteiger partial charge in [-0.1, -0.05) is 48.5 Å². The van der Waals surface area contributed by atoms with E-state index in [1.54, 1.807) is 6.20 Å². The Morgan fingerprint density at radius 2 is 1.93 bits per heavy atom. The van der Waals surface area contributed by atoms with Crippen LogP contribution in [0.15, 0.2) is 78.0 Å². The highest BCUT2D eigenvalue weighted by molar-refractivity contribution is 7.99. The number of benzene rings is 2. The van der Waals surface area contributed by atoms with Crippen molar-refractivity contribution in [2.45, 2.75) is 23.0 Å². The Morgan fingerprint density at radius 3 is 2.60 bits per heavy atom. The second-order valence-corrected chi connectivity index (χ2v) is 8.67. The summed E-state index contributed by atoms with van der Waals surface area (Å²) in [5.41, 5.74) is 0.561. The van der Waals surface area contributed by atoms with E-state index in [0.29, 0.717) is 18.5 Å². The first-order valence-electron chi connectivity index (χ1n) is 10.1. The maximum absolute atomic E-state index is 12.8. The maximum atomic E-state index is 12.8. The fourth-order valence-corrected chi connectivity index (χ4v) is 4.88. The molecule has 0 unspecified atom stereocenters. The Morgan fingerprint density at radius 1 is 1.20 bits per heavy atom. The molecule has 2 aromatic carbocycles. The van der Waals surface area contributed by atoms with Gasteiger partial charge in [-0.05, 0) is 24.1 Å². The Kier molecular flexibility index (Phi) is 6.52. The van der Waals surface area contributed by atoms with Crippen LogP contribution in [0.3, 0.4) is 0 Å². The average Bonchev–Trinajstić information content (AvgIpc) is 3.32. The van der Waals surface area contributed by atoms with Crippen LogP contribution < -0.4 is 5.32 Å². The minimum absolute atomic E-state index is 0.236. The van der Waals surface area contributed by atoms with E-state index in [1.807, 2.05) is 60.3 Å². The molecule has 0 bridgehead atoms. The van der Waals surface area contributed by atoms with Crippen LogP contribution in [0, 0.1) is 0 Å². The molecule has 1 amide bonds. The van der Waals surface area contributed by atoms with Crippen LogP contribution in [0.2, 0.25) is 0 Å². The Bertz CT molecular complexity index is 936. The summed E-state index contributed by atoms with van der Waals surface area (Å²) in [4.78, 5) is 16.3. The van der Waals surface area contributed by atoms with Crippen LogP contribution in [-0.4, -0.2) is 57.6 Å². The smallest absolute Gasteiger partial charge is 0.255 e. The van der Waals surface area contributed by atoms with Crippen molar-refractivity contribution in [3.8, 4) is 0 Å². The number of aliphatic hydroxyl groups is 1. The van der Waals surface area contributed by atoms with Crippen molar-refractivity contribution in [1.29, 1.82) is 0 Å². The van der Waals surface area contributed by atoms with Crippen LogP contribution in [-0.2, 0) is 5.54 Å². The number of aliphatic hydroxyl groups excluding tert-OH is 1. The maximum Gasteiger partial charge on any atom is 0.255 e. The van der Waals surface area contributed by atoms with Gasteiger partial charge in [-0.3, -0.25) is 14.8 Å². The fraction of sp³-hybridized carbons (Fsp3) is 0.304. The molecule has 0 spiro atoms. The van der Waals surface area contributed by atoms with Gasteiger partial charge < -0.3 is 10.4 Å². The van der Waals surface area contributed by atoms with Gasteiger partial charge in [0.05, 0.1) is 23.4 Å². The second-order valence-electron chi connectivity index (χ2n) is 7.51. The number of thioether (sulfide) groups is 1. The van der Waals surface area contributed by atoms with E-state index in [9.17, 15) is 9.90 Å². The monoisotopic (exact) mass is 422 g/mol. The van der Waals surface area contributed by atoms with Gasteiger partial charge in [0.2, 0.25) is 0 Å². The van der Waals surface area contributed by atoms with Crippen molar-refractivity contribution in [2.75, 3.05) is 25.4 Å². The molecule has 156 valence electrons. The minimum Gasteiger partial charge on any atom is -0.389 e. The predicted octanol–water partition coefficient (Wildman–Crippen LogP) is 2.89. The molecule has 0 saturated carbocycles. The lowest BCUT2D eigenvalue weighted by atomic mass is 9.78. The first-order valence-corrected chi connectivity index (χ1v) is 11.1. The van der Waals surface area contributed by atoms with Gasteiger partial charge in [-0.2, -0.15) is 5.10 Å². The summed E-state index contributed by atoms with van der Waals surface area (Å²) >= 11 is 1.82. The van der Waals surface area contributed by atoms with E-state index in [0.717, 1.165) is 24.4 Å². The molecule has 7 heteroatoms. The molecular formula is C23H26N4O2S. The number of carbonyl (C=O) groups excluding carboxylic acids is 1. The molecule has 0 radical (unpaired) electrons. The number of carbonyl (C=O) groups is 1. The zero-order chi connectivity index (χ0) is 20.8. The van der Waals surface area contributed by atoms with E-state index in [2.05, 4.69) is 32.5 Å². The average molecular weight is 423 g/mol. The largest absolute Gasteiger partial charge is 0.389 e. The predicted molar refractivity (Wildman–Crippen MR) is 118 cm³/mol. The summed E-state index contributed by atoms with van der Waals surface area (Å²) in [7, 11) is 0. The van der Waals surface area contributed by atoms with Gasteiger partial charge in [0, 0.05) is 36.5 Å². The summed E-state index contributed by atoms with van der Waals surface area (Å²) < 4.78 is 0. The normalized spacial score (nSPS) is 22.0.